The summed E-state index contributed by atoms with van der Waals surface area (Å²) in [4.78, 5) is 31.5. The molecule has 2 saturated carbocycles. The molecule has 4 N–H and O–H groups in total. The van der Waals surface area contributed by atoms with Crippen LogP contribution in [0.25, 0.3) is 0 Å². The van der Waals surface area contributed by atoms with E-state index in [9.17, 15) is 24.2 Å². The Bertz CT molecular complexity index is 1130. The Morgan fingerprint density at radius 2 is 1.91 bits per heavy atom. The minimum Gasteiger partial charge on any atom is -0.396 e. The van der Waals surface area contributed by atoms with Crippen LogP contribution >= 0.6 is 11.3 Å². The molecule has 1 aromatic heterocycles. The van der Waals surface area contributed by atoms with E-state index in [1.165, 1.54) is 35.6 Å². The lowest BCUT2D eigenvalue weighted by Crippen LogP contribution is -2.57. The Morgan fingerprint density at radius 1 is 1.20 bits per heavy atom. The second-order valence-electron chi connectivity index (χ2n) is 10.9. The molecule has 3 aliphatic carbocycles. The molecular weight excluding hydrogens is 469 g/mol. The first-order valence-electron chi connectivity index (χ1n) is 12.3. The Labute approximate surface area is 208 Å². The number of amides is 2. The number of hydrogen-bond donors (Lipinski definition) is 4. The summed E-state index contributed by atoms with van der Waals surface area (Å²) in [7, 11) is 0. The number of hydrogen-bond acceptors (Lipinski definition) is 6. The van der Waals surface area contributed by atoms with Gasteiger partial charge in [-0.1, -0.05) is 13.8 Å². The summed E-state index contributed by atoms with van der Waals surface area (Å²) < 4.78 is 13.3. The molecule has 2 amide bonds. The van der Waals surface area contributed by atoms with Crippen molar-refractivity contribution in [3.8, 4) is 0 Å². The summed E-state index contributed by atoms with van der Waals surface area (Å²) in [6.45, 7) is 3.95. The third kappa shape index (κ3) is 4.38. The lowest BCUT2D eigenvalue weighted by Gasteiger charge is -2.58. The summed E-state index contributed by atoms with van der Waals surface area (Å²) in [6.07, 6.45) is 3.56. The van der Waals surface area contributed by atoms with Crippen molar-refractivity contribution in [1.29, 1.82) is 0 Å². The van der Waals surface area contributed by atoms with Gasteiger partial charge in [-0.2, -0.15) is 0 Å². The van der Waals surface area contributed by atoms with E-state index < -0.39 is 17.3 Å². The number of aliphatic hydroxyl groups is 2. The van der Waals surface area contributed by atoms with Crippen molar-refractivity contribution in [2.24, 2.45) is 16.7 Å². The number of fused-ring (bicyclic) bond motifs is 2. The molecule has 0 spiro atoms. The van der Waals surface area contributed by atoms with Gasteiger partial charge >= 0.3 is 0 Å². The van der Waals surface area contributed by atoms with Crippen LogP contribution in [0.2, 0.25) is 0 Å². The second-order valence-corrected chi connectivity index (χ2v) is 12.0. The standard InChI is InChI=1S/C26H32FN3O4S/c1-25-10-9-20(32)26(2,13-31)19(25)12-18-22(17(25)11-21(33)28-16-7-8-16)29-24(35-18)30-23(34)14-3-5-15(27)6-4-14/h3-6,16-17,19-20,31-32H,7-13H2,1-2H3,(H,28,33)(H,29,30,34). The zero-order valence-corrected chi connectivity index (χ0v) is 20.8. The maximum Gasteiger partial charge on any atom is 0.257 e. The quantitative estimate of drug-likeness (QED) is 0.483. The second kappa shape index (κ2) is 8.94. The number of aromatic nitrogens is 1. The van der Waals surface area contributed by atoms with Crippen LogP contribution in [0.3, 0.4) is 0 Å². The van der Waals surface area contributed by atoms with Crippen molar-refractivity contribution >= 4 is 28.3 Å². The minimum atomic E-state index is -0.697. The van der Waals surface area contributed by atoms with E-state index >= 15 is 0 Å². The molecule has 5 unspecified atom stereocenters. The first-order valence-corrected chi connectivity index (χ1v) is 13.1. The van der Waals surface area contributed by atoms with Crippen molar-refractivity contribution in [2.75, 3.05) is 11.9 Å². The van der Waals surface area contributed by atoms with Gasteiger partial charge < -0.3 is 15.5 Å². The van der Waals surface area contributed by atoms with E-state index in [0.717, 1.165) is 29.8 Å². The molecule has 0 radical (unpaired) electrons. The average molecular weight is 502 g/mol. The van der Waals surface area contributed by atoms with Crippen LogP contribution in [-0.2, 0) is 11.2 Å². The third-order valence-corrected chi connectivity index (χ3v) is 9.56. The van der Waals surface area contributed by atoms with Gasteiger partial charge in [0.15, 0.2) is 5.13 Å². The fourth-order valence-corrected chi connectivity index (χ4v) is 7.23. The number of thiazole rings is 1. The fourth-order valence-electron chi connectivity index (χ4n) is 6.17. The summed E-state index contributed by atoms with van der Waals surface area (Å²) in [6, 6.07) is 5.58. The Hall–Kier alpha value is -2.36. The molecule has 1 heterocycles. The van der Waals surface area contributed by atoms with E-state index in [0.29, 0.717) is 23.5 Å². The fraction of sp³-hybridized carbons (Fsp3) is 0.577. The molecule has 9 heteroatoms. The maximum absolute atomic E-state index is 13.3. The Morgan fingerprint density at radius 3 is 2.57 bits per heavy atom. The Balaban J connectivity index is 1.48. The van der Waals surface area contributed by atoms with Gasteiger partial charge in [-0.25, -0.2) is 9.37 Å². The highest BCUT2D eigenvalue weighted by Crippen LogP contribution is 2.62. The van der Waals surface area contributed by atoms with Crippen molar-refractivity contribution in [1.82, 2.24) is 10.3 Å². The minimum absolute atomic E-state index is 0.00736. The van der Waals surface area contributed by atoms with Gasteiger partial charge in [0, 0.05) is 34.2 Å². The van der Waals surface area contributed by atoms with Crippen LogP contribution < -0.4 is 10.6 Å². The smallest absolute Gasteiger partial charge is 0.257 e. The summed E-state index contributed by atoms with van der Waals surface area (Å²) >= 11 is 1.37. The molecular formula is C26H32FN3O4S. The molecule has 1 aromatic carbocycles. The molecule has 2 fully saturated rings. The zero-order valence-electron chi connectivity index (χ0n) is 20.0. The number of nitrogens with one attached hydrogen (secondary N) is 2. The maximum atomic E-state index is 13.3. The third-order valence-electron chi connectivity index (χ3n) is 8.55. The number of carbonyl (C=O) groups is 2. The molecule has 7 nitrogen and oxygen atoms in total. The van der Waals surface area contributed by atoms with Crippen LogP contribution in [0.5, 0.6) is 0 Å². The number of rotatable bonds is 6. The average Bonchev–Trinajstić information content (AvgIpc) is 3.55. The number of anilines is 1. The van der Waals surface area contributed by atoms with Gasteiger partial charge in [0.25, 0.3) is 5.91 Å². The van der Waals surface area contributed by atoms with Crippen LogP contribution in [0.1, 0.15) is 72.8 Å². The first-order chi connectivity index (χ1) is 16.6. The Kier molecular flexibility index (Phi) is 6.22. The van der Waals surface area contributed by atoms with Gasteiger partial charge in [-0.3, -0.25) is 14.9 Å². The molecule has 3 aliphatic rings. The monoisotopic (exact) mass is 501 g/mol. The van der Waals surface area contributed by atoms with Gasteiger partial charge in [0.1, 0.15) is 5.82 Å². The summed E-state index contributed by atoms with van der Waals surface area (Å²) in [5, 5.41) is 27.6. The van der Waals surface area contributed by atoms with Gasteiger partial charge in [0.2, 0.25) is 5.91 Å². The van der Waals surface area contributed by atoms with Crippen LogP contribution in [-0.4, -0.2) is 45.8 Å². The van der Waals surface area contributed by atoms with E-state index in [-0.39, 0.29) is 48.1 Å². The van der Waals surface area contributed by atoms with Crippen molar-refractivity contribution < 1.29 is 24.2 Å². The summed E-state index contributed by atoms with van der Waals surface area (Å²) in [5.41, 5.74) is 0.122. The van der Waals surface area contributed by atoms with Gasteiger partial charge in [0.05, 0.1) is 18.4 Å². The molecule has 0 bridgehead atoms. The molecule has 2 aromatic rings. The highest BCUT2D eigenvalue weighted by molar-refractivity contribution is 7.15. The number of nitrogens with zero attached hydrogens (tertiary/aromatic N) is 1. The molecule has 35 heavy (non-hydrogen) atoms. The zero-order chi connectivity index (χ0) is 25.0. The normalized spacial score (nSPS) is 31.9. The summed E-state index contributed by atoms with van der Waals surface area (Å²) in [5.74, 6) is -1.04. The number of halogens is 1. The van der Waals surface area contributed by atoms with Crippen molar-refractivity contribution in [2.45, 2.75) is 70.4 Å². The molecule has 5 rings (SSSR count). The molecule has 0 aliphatic heterocycles. The van der Waals surface area contributed by atoms with Crippen molar-refractivity contribution in [3.05, 3.63) is 46.2 Å². The highest BCUT2D eigenvalue weighted by Gasteiger charge is 2.59. The SMILES string of the molecule is CC1(CO)C(O)CCC2(C)C(CC(=O)NC3CC3)c3nc(NC(=O)c4ccc(F)cc4)sc3CC12. The topological polar surface area (TPSA) is 112 Å². The molecule has 0 saturated heterocycles. The van der Waals surface area contributed by atoms with Gasteiger partial charge in [-0.05, 0) is 67.7 Å². The van der Waals surface area contributed by atoms with E-state index in [2.05, 4.69) is 17.6 Å². The lowest BCUT2D eigenvalue weighted by molar-refractivity contribution is -0.144. The number of aliphatic hydroxyl groups excluding tert-OH is 2. The molecule has 5 atom stereocenters. The molecule has 188 valence electrons. The van der Waals surface area contributed by atoms with E-state index in [1.54, 1.807) is 0 Å². The first kappa shape index (κ1) is 24.3. The highest BCUT2D eigenvalue weighted by atomic mass is 32.1. The van der Waals surface area contributed by atoms with Crippen LogP contribution in [0, 0.1) is 22.6 Å². The van der Waals surface area contributed by atoms with E-state index in [4.69, 9.17) is 4.98 Å². The van der Waals surface area contributed by atoms with E-state index in [1.807, 2.05) is 6.92 Å². The van der Waals surface area contributed by atoms with Crippen LogP contribution in [0.4, 0.5) is 9.52 Å². The van der Waals surface area contributed by atoms with Crippen molar-refractivity contribution in [3.63, 3.8) is 0 Å². The number of carbonyl (C=O) groups excluding carboxylic acids is 2. The lowest BCUT2D eigenvalue weighted by atomic mass is 9.47. The van der Waals surface area contributed by atoms with Crippen LogP contribution in [0.15, 0.2) is 24.3 Å². The number of benzene rings is 1. The predicted molar refractivity (Wildman–Crippen MR) is 131 cm³/mol. The van der Waals surface area contributed by atoms with Gasteiger partial charge in [-0.15, -0.1) is 11.3 Å². The largest absolute Gasteiger partial charge is 0.396 e. The predicted octanol–water partition coefficient (Wildman–Crippen LogP) is 3.62.